The monoisotopic (exact) mass is 340 g/mol. The van der Waals surface area contributed by atoms with E-state index in [9.17, 15) is 9.59 Å². The molecule has 1 aromatic rings. The number of anilines is 1. The van der Waals surface area contributed by atoms with E-state index in [4.69, 9.17) is 10.5 Å². The fourth-order valence-corrected chi connectivity index (χ4v) is 2.56. The van der Waals surface area contributed by atoms with E-state index >= 15 is 0 Å². The second-order valence-corrected chi connectivity index (χ2v) is 5.68. The number of esters is 1. The van der Waals surface area contributed by atoms with E-state index in [2.05, 4.69) is 15.9 Å². The van der Waals surface area contributed by atoms with Gasteiger partial charge in [0.1, 0.15) is 0 Å². The van der Waals surface area contributed by atoms with Crippen LogP contribution in [-0.4, -0.2) is 36.0 Å². The molecule has 1 fully saturated rings. The summed E-state index contributed by atoms with van der Waals surface area (Å²) < 4.78 is 5.75. The number of nitrogen functional groups attached to an aromatic ring is 1. The number of benzene rings is 1. The zero-order valence-electron chi connectivity index (χ0n) is 11.3. The fourth-order valence-electron chi connectivity index (χ4n) is 2.05. The van der Waals surface area contributed by atoms with Crippen molar-refractivity contribution in [3.8, 4) is 0 Å². The van der Waals surface area contributed by atoms with Gasteiger partial charge < -0.3 is 15.4 Å². The van der Waals surface area contributed by atoms with Crippen molar-refractivity contribution < 1.29 is 14.3 Å². The summed E-state index contributed by atoms with van der Waals surface area (Å²) in [6.45, 7) is 2.34. The highest BCUT2D eigenvalue weighted by Crippen LogP contribution is 2.26. The van der Waals surface area contributed by atoms with Gasteiger partial charge in [0, 0.05) is 22.7 Å². The van der Waals surface area contributed by atoms with Gasteiger partial charge in [0.05, 0.1) is 5.56 Å². The average molecular weight is 341 g/mol. The van der Waals surface area contributed by atoms with Crippen molar-refractivity contribution in [2.24, 2.45) is 0 Å². The molecule has 0 aromatic heterocycles. The summed E-state index contributed by atoms with van der Waals surface area (Å²) in [4.78, 5) is 25.6. The number of ether oxygens (including phenoxy) is 1. The Morgan fingerprint density at radius 2 is 2.10 bits per heavy atom. The lowest BCUT2D eigenvalue weighted by atomic mass is 10.2. The van der Waals surface area contributed by atoms with Crippen molar-refractivity contribution in [2.45, 2.75) is 25.8 Å². The van der Waals surface area contributed by atoms with E-state index in [0.717, 1.165) is 12.8 Å². The Hall–Kier alpha value is -1.56. The van der Waals surface area contributed by atoms with Crippen LogP contribution in [0.1, 0.15) is 30.1 Å². The van der Waals surface area contributed by atoms with Gasteiger partial charge in [-0.15, -0.1) is 0 Å². The Morgan fingerprint density at radius 1 is 1.40 bits per heavy atom. The van der Waals surface area contributed by atoms with Crippen molar-refractivity contribution in [2.75, 3.05) is 18.9 Å². The SMILES string of the molecule is CCN(C(=O)COC(=O)c1cc(N)cc(Br)c1)C1CC1. The lowest BCUT2D eigenvalue weighted by Crippen LogP contribution is -2.36. The molecule has 1 amide bonds. The first-order chi connectivity index (χ1) is 9.51. The molecule has 20 heavy (non-hydrogen) atoms. The van der Waals surface area contributed by atoms with Gasteiger partial charge in [-0.25, -0.2) is 4.79 Å². The predicted octanol–water partition coefficient (Wildman–Crippen LogP) is 2.20. The van der Waals surface area contributed by atoms with Crippen LogP contribution < -0.4 is 5.73 Å². The number of hydrogen-bond donors (Lipinski definition) is 1. The topological polar surface area (TPSA) is 72.6 Å². The van der Waals surface area contributed by atoms with Crippen LogP contribution in [0.2, 0.25) is 0 Å². The summed E-state index contributed by atoms with van der Waals surface area (Å²) in [6.07, 6.45) is 2.07. The summed E-state index contributed by atoms with van der Waals surface area (Å²) in [5, 5.41) is 0. The zero-order valence-corrected chi connectivity index (χ0v) is 12.9. The van der Waals surface area contributed by atoms with Crippen molar-refractivity contribution >= 4 is 33.5 Å². The van der Waals surface area contributed by atoms with Gasteiger partial charge in [-0.2, -0.15) is 0 Å². The molecule has 0 aliphatic heterocycles. The van der Waals surface area contributed by atoms with E-state index in [-0.39, 0.29) is 12.5 Å². The molecule has 108 valence electrons. The van der Waals surface area contributed by atoms with E-state index in [1.165, 1.54) is 6.07 Å². The zero-order chi connectivity index (χ0) is 14.7. The summed E-state index contributed by atoms with van der Waals surface area (Å²) in [5.41, 5.74) is 6.45. The third kappa shape index (κ3) is 3.72. The maximum atomic E-state index is 11.9. The normalized spacial score (nSPS) is 13.9. The molecule has 5 nitrogen and oxygen atoms in total. The highest BCUT2D eigenvalue weighted by atomic mass is 79.9. The van der Waals surface area contributed by atoms with Gasteiger partial charge in [0.15, 0.2) is 6.61 Å². The molecular weight excluding hydrogens is 324 g/mol. The lowest BCUT2D eigenvalue weighted by Gasteiger charge is -2.20. The number of halogens is 1. The van der Waals surface area contributed by atoms with E-state index in [1.54, 1.807) is 17.0 Å². The Morgan fingerprint density at radius 3 is 2.65 bits per heavy atom. The predicted molar refractivity (Wildman–Crippen MR) is 79.2 cm³/mol. The fraction of sp³-hybridized carbons (Fsp3) is 0.429. The van der Waals surface area contributed by atoms with E-state index < -0.39 is 5.97 Å². The molecule has 1 aliphatic carbocycles. The third-order valence-corrected chi connectivity index (χ3v) is 3.59. The Kier molecular flexibility index (Phi) is 4.65. The number of nitrogens with two attached hydrogens (primary N) is 1. The molecule has 1 aliphatic rings. The van der Waals surface area contributed by atoms with E-state index in [1.807, 2.05) is 6.92 Å². The molecule has 0 bridgehead atoms. The van der Waals surface area contributed by atoms with Gasteiger partial charge in [-0.1, -0.05) is 15.9 Å². The van der Waals surface area contributed by atoms with Crippen LogP contribution in [0.25, 0.3) is 0 Å². The number of carbonyl (C=O) groups excluding carboxylic acids is 2. The highest BCUT2D eigenvalue weighted by Gasteiger charge is 2.31. The van der Waals surface area contributed by atoms with Crippen LogP contribution in [0.15, 0.2) is 22.7 Å². The number of rotatable bonds is 5. The molecule has 2 rings (SSSR count). The minimum absolute atomic E-state index is 0.147. The molecule has 2 N–H and O–H groups in total. The standard InChI is InChI=1S/C14H17BrN2O3/c1-2-17(12-3-4-12)13(18)8-20-14(19)9-5-10(15)7-11(16)6-9/h5-7,12H,2-4,8,16H2,1H3. The first-order valence-electron chi connectivity index (χ1n) is 6.54. The maximum Gasteiger partial charge on any atom is 0.338 e. The van der Waals surface area contributed by atoms with Crippen molar-refractivity contribution in [3.05, 3.63) is 28.2 Å². The molecule has 1 aromatic carbocycles. The van der Waals surface area contributed by atoms with Crippen LogP contribution in [0.3, 0.4) is 0 Å². The van der Waals surface area contributed by atoms with Crippen molar-refractivity contribution in [3.63, 3.8) is 0 Å². The maximum absolute atomic E-state index is 11.9. The second-order valence-electron chi connectivity index (χ2n) is 4.76. The van der Waals surface area contributed by atoms with Crippen LogP contribution >= 0.6 is 15.9 Å². The summed E-state index contributed by atoms with van der Waals surface area (Å²) >= 11 is 3.26. The Bertz CT molecular complexity index is 509. The molecule has 0 saturated heterocycles. The summed E-state index contributed by atoms with van der Waals surface area (Å²) in [6, 6.07) is 5.15. The van der Waals surface area contributed by atoms with Crippen LogP contribution in [0, 0.1) is 0 Å². The molecule has 0 unspecified atom stereocenters. The first-order valence-corrected chi connectivity index (χ1v) is 7.33. The van der Waals surface area contributed by atoms with Crippen LogP contribution in [0.4, 0.5) is 5.69 Å². The molecule has 1 saturated carbocycles. The van der Waals surface area contributed by atoms with Crippen molar-refractivity contribution in [1.29, 1.82) is 0 Å². The number of nitrogens with zero attached hydrogens (tertiary/aromatic N) is 1. The Balaban J connectivity index is 1.92. The number of carbonyl (C=O) groups is 2. The van der Waals surface area contributed by atoms with Crippen LogP contribution in [0.5, 0.6) is 0 Å². The average Bonchev–Trinajstić information content (AvgIpc) is 3.20. The second kappa shape index (κ2) is 6.26. The molecular formula is C14H17BrN2O3. The van der Waals surface area contributed by atoms with Gasteiger partial charge in [0.2, 0.25) is 0 Å². The minimum Gasteiger partial charge on any atom is -0.452 e. The first kappa shape index (κ1) is 14.8. The van der Waals surface area contributed by atoms with Gasteiger partial charge in [0.25, 0.3) is 5.91 Å². The highest BCUT2D eigenvalue weighted by molar-refractivity contribution is 9.10. The largest absolute Gasteiger partial charge is 0.452 e. The number of likely N-dealkylation sites (N-methyl/N-ethyl adjacent to an activating group) is 1. The molecule has 6 heteroatoms. The Labute approximate surface area is 126 Å². The number of hydrogen-bond acceptors (Lipinski definition) is 4. The van der Waals surface area contributed by atoms with Gasteiger partial charge in [-0.05, 0) is 38.0 Å². The third-order valence-electron chi connectivity index (χ3n) is 3.13. The van der Waals surface area contributed by atoms with Crippen LogP contribution in [-0.2, 0) is 9.53 Å². The summed E-state index contributed by atoms with van der Waals surface area (Å²) in [5.74, 6) is -0.690. The minimum atomic E-state index is -0.543. The molecule has 0 atom stereocenters. The van der Waals surface area contributed by atoms with Gasteiger partial charge in [-0.3, -0.25) is 4.79 Å². The quantitative estimate of drug-likeness (QED) is 0.658. The number of amides is 1. The smallest absolute Gasteiger partial charge is 0.338 e. The van der Waals surface area contributed by atoms with E-state index in [0.29, 0.717) is 28.3 Å². The molecule has 0 heterocycles. The van der Waals surface area contributed by atoms with Gasteiger partial charge >= 0.3 is 5.97 Å². The lowest BCUT2D eigenvalue weighted by molar-refractivity contribution is -0.134. The molecule has 0 radical (unpaired) electrons. The van der Waals surface area contributed by atoms with Crippen molar-refractivity contribution in [1.82, 2.24) is 4.90 Å². The molecule has 0 spiro atoms. The summed E-state index contributed by atoms with van der Waals surface area (Å²) in [7, 11) is 0.